The van der Waals surface area contributed by atoms with Crippen LogP contribution in [-0.2, 0) is 6.61 Å². The van der Waals surface area contributed by atoms with Gasteiger partial charge in [-0.25, -0.2) is 0 Å². The predicted molar refractivity (Wildman–Crippen MR) is 78.6 cm³/mol. The zero-order valence-corrected chi connectivity index (χ0v) is 12.0. The molecule has 0 aliphatic heterocycles. The summed E-state index contributed by atoms with van der Waals surface area (Å²) in [6, 6.07) is 6.58. The molecule has 1 aliphatic carbocycles. The fourth-order valence-corrected chi connectivity index (χ4v) is 2.90. The normalized spacial score (nSPS) is 22.5. The van der Waals surface area contributed by atoms with E-state index in [1.807, 2.05) is 25.1 Å². The van der Waals surface area contributed by atoms with Crippen molar-refractivity contribution in [3.63, 3.8) is 0 Å². The Kier molecular flexibility index (Phi) is 5.08. The van der Waals surface area contributed by atoms with Crippen molar-refractivity contribution in [3.05, 3.63) is 23.8 Å². The Hall–Kier alpha value is -1.22. The largest absolute Gasteiger partial charge is 0.494 e. The van der Waals surface area contributed by atoms with Crippen LogP contribution in [0.4, 0.5) is 5.69 Å². The molecule has 2 unspecified atom stereocenters. The van der Waals surface area contributed by atoms with Gasteiger partial charge in [0, 0.05) is 17.3 Å². The maximum Gasteiger partial charge on any atom is 0.124 e. The van der Waals surface area contributed by atoms with Crippen molar-refractivity contribution in [2.45, 2.75) is 52.2 Å². The van der Waals surface area contributed by atoms with E-state index in [0.717, 1.165) is 22.9 Å². The molecule has 1 aromatic carbocycles. The van der Waals surface area contributed by atoms with Crippen LogP contribution < -0.4 is 10.1 Å². The van der Waals surface area contributed by atoms with Gasteiger partial charge in [-0.05, 0) is 50.3 Å². The van der Waals surface area contributed by atoms with E-state index in [1.165, 1.54) is 25.7 Å². The molecule has 0 aromatic heterocycles. The molecule has 0 heterocycles. The monoisotopic (exact) mass is 263 g/mol. The Labute approximate surface area is 116 Å². The van der Waals surface area contributed by atoms with Gasteiger partial charge in [0.15, 0.2) is 0 Å². The van der Waals surface area contributed by atoms with Gasteiger partial charge in [-0.3, -0.25) is 0 Å². The molecule has 19 heavy (non-hydrogen) atoms. The van der Waals surface area contributed by atoms with Gasteiger partial charge in [0.2, 0.25) is 0 Å². The number of rotatable bonds is 6. The fourth-order valence-electron chi connectivity index (χ4n) is 2.90. The van der Waals surface area contributed by atoms with Gasteiger partial charge >= 0.3 is 0 Å². The first kappa shape index (κ1) is 14.2. The number of benzene rings is 1. The van der Waals surface area contributed by atoms with Crippen molar-refractivity contribution in [2.75, 3.05) is 11.9 Å². The fraction of sp³-hybridized carbons (Fsp3) is 0.625. The first-order valence-electron chi connectivity index (χ1n) is 7.39. The molecule has 0 saturated heterocycles. The van der Waals surface area contributed by atoms with E-state index in [2.05, 4.69) is 12.2 Å². The lowest BCUT2D eigenvalue weighted by atomic mass is 10.1. The summed E-state index contributed by atoms with van der Waals surface area (Å²) in [7, 11) is 0. The van der Waals surface area contributed by atoms with Crippen molar-refractivity contribution in [1.29, 1.82) is 0 Å². The van der Waals surface area contributed by atoms with Crippen molar-refractivity contribution in [1.82, 2.24) is 0 Å². The molecule has 1 saturated carbocycles. The van der Waals surface area contributed by atoms with Gasteiger partial charge in [-0.2, -0.15) is 0 Å². The van der Waals surface area contributed by atoms with E-state index >= 15 is 0 Å². The highest BCUT2D eigenvalue weighted by molar-refractivity contribution is 5.51. The lowest BCUT2D eigenvalue weighted by Gasteiger charge is -2.16. The van der Waals surface area contributed by atoms with E-state index in [1.54, 1.807) is 0 Å². The van der Waals surface area contributed by atoms with E-state index in [0.29, 0.717) is 12.6 Å². The first-order chi connectivity index (χ1) is 9.26. The van der Waals surface area contributed by atoms with Gasteiger partial charge < -0.3 is 15.2 Å². The van der Waals surface area contributed by atoms with Crippen molar-refractivity contribution in [3.8, 4) is 5.75 Å². The number of hydrogen-bond acceptors (Lipinski definition) is 3. The lowest BCUT2D eigenvalue weighted by Crippen LogP contribution is -2.15. The molecule has 1 fully saturated rings. The SMILES string of the molecule is CCOc1ccc(NC2CCC(CC)C2)cc1CO. The maximum absolute atomic E-state index is 9.40. The van der Waals surface area contributed by atoms with Crippen molar-refractivity contribution < 1.29 is 9.84 Å². The summed E-state index contributed by atoms with van der Waals surface area (Å²) in [6.45, 7) is 4.87. The third-order valence-electron chi connectivity index (χ3n) is 4.02. The van der Waals surface area contributed by atoms with Gasteiger partial charge in [0.25, 0.3) is 0 Å². The third kappa shape index (κ3) is 3.63. The van der Waals surface area contributed by atoms with Crippen LogP contribution in [0.15, 0.2) is 18.2 Å². The van der Waals surface area contributed by atoms with Crippen molar-refractivity contribution >= 4 is 5.69 Å². The molecule has 3 nitrogen and oxygen atoms in total. The minimum Gasteiger partial charge on any atom is -0.494 e. The minimum atomic E-state index is 0.0209. The second-order valence-corrected chi connectivity index (χ2v) is 5.34. The van der Waals surface area contributed by atoms with Crippen LogP contribution in [0.3, 0.4) is 0 Å². The zero-order chi connectivity index (χ0) is 13.7. The van der Waals surface area contributed by atoms with E-state index in [4.69, 9.17) is 4.74 Å². The Balaban J connectivity index is 2.01. The first-order valence-corrected chi connectivity index (χ1v) is 7.39. The Bertz CT molecular complexity index is 406. The number of aliphatic hydroxyl groups excluding tert-OH is 1. The Morgan fingerprint density at radius 1 is 1.32 bits per heavy atom. The highest BCUT2D eigenvalue weighted by atomic mass is 16.5. The third-order valence-corrected chi connectivity index (χ3v) is 4.02. The molecule has 2 atom stereocenters. The van der Waals surface area contributed by atoms with Crippen LogP contribution in [0.1, 0.15) is 45.1 Å². The molecule has 1 aliphatic rings. The molecule has 2 rings (SSSR count). The molecule has 0 radical (unpaired) electrons. The van der Waals surface area contributed by atoms with Crippen LogP contribution in [0.5, 0.6) is 5.75 Å². The number of aliphatic hydroxyl groups is 1. The summed E-state index contributed by atoms with van der Waals surface area (Å²) in [5.74, 6) is 1.66. The van der Waals surface area contributed by atoms with Gasteiger partial charge in [-0.15, -0.1) is 0 Å². The molecule has 3 heteroatoms. The van der Waals surface area contributed by atoms with Gasteiger partial charge in [0.1, 0.15) is 5.75 Å². The zero-order valence-electron chi connectivity index (χ0n) is 12.0. The van der Waals surface area contributed by atoms with E-state index < -0.39 is 0 Å². The van der Waals surface area contributed by atoms with Crippen LogP contribution in [0.25, 0.3) is 0 Å². The van der Waals surface area contributed by atoms with Crippen LogP contribution in [0, 0.1) is 5.92 Å². The summed E-state index contributed by atoms with van der Waals surface area (Å²) < 4.78 is 5.50. The van der Waals surface area contributed by atoms with Crippen LogP contribution in [-0.4, -0.2) is 17.8 Å². The quantitative estimate of drug-likeness (QED) is 0.824. The summed E-state index contributed by atoms with van der Waals surface area (Å²) >= 11 is 0. The average molecular weight is 263 g/mol. The van der Waals surface area contributed by atoms with Crippen LogP contribution in [0.2, 0.25) is 0 Å². The molecule has 0 spiro atoms. The molecular formula is C16H25NO2. The predicted octanol–water partition coefficient (Wildman–Crippen LogP) is 3.57. The minimum absolute atomic E-state index is 0.0209. The van der Waals surface area contributed by atoms with Gasteiger partial charge in [-0.1, -0.05) is 13.3 Å². The highest BCUT2D eigenvalue weighted by Crippen LogP contribution is 2.31. The molecule has 0 amide bonds. The molecule has 0 bridgehead atoms. The van der Waals surface area contributed by atoms with Crippen molar-refractivity contribution in [2.24, 2.45) is 5.92 Å². The molecular weight excluding hydrogens is 238 g/mol. The number of ether oxygens (including phenoxy) is 1. The molecule has 1 aromatic rings. The highest BCUT2D eigenvalue weighted by Gasteiger charge is 2.23. The standard InChI is InChI=1S/C16H25NO2/c1-3-12-5-6-14(9-12)17-15-7-8-16(19-4-2)13(10-15)11-18/h7-8,10,12,14,17-18H,3-6,9,11H2,1-2H3. The summed E-state index contributed by atoms with van der Waals surface area (Å²) in [4.78, 5) is 0. The number of nitrogens with one attached hydrogen (secondary N) is 1. The second-order valence-electron chi connectivity index (χ2n) is 5.34. The van der Waals surface area contributed by atoms with E-state index in [-0.39, 0.29) is 6.61 Å². The van der Waals surface area contributed by atoms with Gasteiger partial charge in [0.05, 0.1) is 13.2 Å². The lowest BCUT2D eigenvalue weighted by molar-refractivity contribution is 0.267. The summed E-state index contributed by atoms with van der Waals surface area (Å²) in [5.41, 5.74) is 1.95. The van der Waals surface area contributed by atoms with Crippen LogP contribution >= 0.6 is 0 Å². The molecule has 2 N–H and O–H groups in total. The Morgan fingerprint density at radius 2 is 2.16 bits per heavy atom. The second kappa shape index (κ2) is 6.80. The average Bonchev–Trinajstić information content (AvgIpc) is 2.88. The number of hydrogen-bond donors (Lipinski definition) is 2. The maximum atomic E-state index is 9.40. The molecule has 106 valence electrons. The van der Waals surface area contributed by atoms with E-state index in [9.17, 15) is 5.11 Å². The summed E-state index contributed by atoms with van der Waals surface area (Å²) in [5, 5.41) is 13.0. The smallest absolute Gasteiger partial charge is 0.124 e. The number of anilines is 1. The summed E-state index contributed by atoms with van der Waals surface area (Å²) in [6.07, 6.45) is 5.12. The topological polar surface area (TPSA) is 41.5 Å². The Morgan fingerprint density at radius 3 is 2.79 bits per heavy atom.